The molecule has 1 amide bonds. The average molecular weight is 394 g/mol. The van der Waals surface area contributed by atoms with Crippen molar-refractivity contribution in [1.82, 2.24) is 9.66 Å². The number of nitrogens with two attached hydrogens (primary N) is 1. The van der Waals surface area contributed by atoms with Gasteiger partial charge in [-0.15, -0.1) is 0 Å². The predicted octanol–water partition coefficient (Wildman–Crippen LogP) is 3.77. The second kappa shape index (κ2) is 7.04. The van der Waals surface area contributed by atoms with Crippen LogP contribution in [0.1, 0.15) is 32.0 Å². The molecular formula is C16H20BrN5O2. The number of anilines is 2. The van der Waals surface area contributed by atoms with Gasteiger partial charge >= 0.3 is 6.09 Å². The van der Waals surface area contributed by atoms with E-state index in [0.717, 1.165) is 10.2 Å². The van der Waals surface area contributed by atoms with Gasteiger partial charge < -0.3 is 10.5 Å². The summed E-state index contributed by atoms with van der Waals surface area (Å²) in [6.07, 6.45) is 2.78. The van der Waals surface area contributed by atoms with Gasteiger partial charge in [-0.05, 0) is 45.9 Å². The number of imidazole rings is 1. The van der Waals surface area contributed by atoms with Gasteiger partial charge in [0.1, 0.15) is 5.60 Å². The summed E-state index contributed by atoms with van der Waals surface area (Å²) < 4.78 is 7.59. The fraction of sp³-hybridized carbons (Fsp3) is 0.312. The number of carbonyl (C=O) groups is 1. The minimum absolute atomic E-state index is 0.292. The molecule has 0 aliphatic carbocycles. The van der Waals surface area contributed by atoms with Crippen molar-refractivity contribution >= 4 is 39.9 Å². The average Bonchev–Trinajstić information content (AvgIpc) is 2.75. The molecule has 0 atom stereocenters. The molecule has 0 saturated heterocycles. The van der Waals surface area contributed by atoms with Gasteiger partial charge in [0.15, 0.2) is 0 Å². The van der Waals surface area contributed by atoms with Crippen LogP contribution in [0.15, 0.2) is 34.0 Å². The van der Waals surface area contributed by atoms with E-state index in [1.165, 1.54) is 4.68 Å². The van der Waals surface area contributed by atoms with Crippen molar-refractivity contribution in [3.63, 3.8) is 0 Å². The van der Waals surface area contributed by atoms with Crippen LogP contribution < -0.4 is 11.1 Å². The molecule has 7 nitrogen and oxygen atoms in total. The molecule has 2 rings (SSSR count). The maximum absolute atomic E-state index is 12.0. The molecule has 1 aromatic carbocycles. The van der Waals surface area contributed by atoms with Gasteiger partial charge in [0.2, 0.25) is 5.95 Å². The first-order valence-electron chi connectivity index (χ1n) is 7.29. The number of ether oxygens (including phenoxy) is 1. The van der Waals surface area contributed by atoms with Crippen LogP contribution in [0.3, 0.4) is 0 Å². The van der Waals surface area contributed by atoms with Gasteiger partial charge in [-0.2, -0.15) is 5.10 Å². The summed E-state index contributed by atoms with van der Waals surface area (Å²) in [5.41, 5.74) is 7.23. The molecule has 128 valence electrons. The highest BCUT2D eigenvalue weighted by Gasteiger charge is 2.17. The number of nitrogens with one attached hydrogen (secondary N) is 1. The van der Waals surface area contributed by atoms with E-state index in [1.807, 2.05) is 19.1 Å². The maximum atomic E-state index is 12.0. The SMILES string of the molecule is Cc1cn(N=Cc2cc(Br)ccc2NC(=O)OC(C)(C)C)c(N)n1. The van der Waals surface area contributed by atoms with Crippen molar-refractivity contribution in [3.8, 4) is 0 Å². The summed E-state index contributed by atoms with van der Waals surface area (Å²) >= 11 is 3.41. The van der Waals surface area contributed by atoms with Crippen molar-refractivity contribution in [2.24, 2.45) is 5.10 Å². The molecule has 3 N–H and O–H groups in total. The van der Waals surface area contributed by atoms with Crippen molar-refractivity contribution in [2.45, 2.75) is 33.3 Å². The van der Waals surface area contributed by atoms with Crippen molar-refractivity contribution in [2.75, 3.05) is 11.1 Å². The van der Waals surface area contributed by atoms with Crippen LogP contribution in [0, 0.1) is 6.92 Å². The minimum Gasteiger partial charge on any atom is -0.444 e. The van der Waals surface area contributed by atoms with Crippen molar-refractivity contribution in [1.29, 1.82) is 0 Å². The van der Waals surface area contributed by atoms with E-state index in [0.29, 0.717) is 17.2 Å². The van der Waals surface area contributed by atoms with E-state index < -0.39 is 11.7 Å². The van der Waals surface area contributed by atoms with Crippen LogP contribution >= 0.6 is 15.9 Å². The lowest BCUT2D eigenvalue weighted by Gasteiger charge is -2.20. The lowest BCUT2D eigenvalue weighted by Crippen LogP contribution is -2.27. The Hall–Kier alpha value is -2.35. The summed E-state index contributed by atoms with van der Waals surface area (Å²) in [7, 11) is 0. The second-order valence-corrected chi connectivity index (χ2v) is 7.10. The summed E-state index contributed by atoms with van der Waals surface area (Å²) in [6, 6.07) is 5.41. The molecule has 0 bridgehead atoms. The molecule has 0 aliphatic rings. The zero-order valence-corrected chi connectivity index (χ0v) is 15.6. The Morgan fingerprint density at radius 3 is 2.75 bits per heavy atom. The molecule has 2 aromatic rings. The molecule has 0 unspecified atom stereocenters. The molecule has 8 heteroatoms. The van der Waals surface area contributed by atoms with Gasteiger partial charge in [0.25, 0.3) is 0 Å². The highest BCUT2D eigenvalue weighted by atomic mass is 79.9. The Morgan fingerprint density at radius 1 is 1.46 bits per heavy atom. The zero-order valence-electron chi connectivity index (χ0n) is 14.0. The third-order valence-corrected chi connectivity index (χ3v) is 3.30. The van der Waals surface area contributed by atoms with E-state index in [1.54, 1.807) is 39.2 Å². The van der Waals surface area contributed by atoms with Crippen molar-refractivity contribution in [3.05, 3.63) is 40.1 Å². The van der Waals surface area contributed by atoms with Crippen LogP contribution in [-0.4, -0.2) is 27.6 Å². The Labute approximate surface area is 149 Å². The van der Waals surface area contributed by atoms with Gasteiger partial charge in [-0.25, -0.2) is 14.5 Å². The summed E-state index contributed by atoms with van der Waals surface area (Å²) in [5, 5.41) is 6.99. The molecule has 24 heavy (non-hydrogen) atoms. The largest absolute Gasteiger partial charge is 0.444 e. The summed E-state index contributed by atoms with van der Waals surface area (Å²) in [4.78, 5) is 16.1. The fourth-order valence-electron chi connectivity index (χ4n) is 1.89. The number of aromatic nitrogens is 2. The Kier molecular flexibility index (Phi) is 5.28. The van der Waals surface area contributed by atoms with E-state index in [9.17, 15) is 4.79 Å². The molecular weight excluding hydrogens is 374 g/mol. The van der Waals surface area contributed by atoms with E-state index in [-0.39, 0.29) is 0 Å². The highest BCUT2D eigenvalue weighted by Crippen LogP contribution is 2.21. The summed E-state index contributed by atoms with van der Waals surface area (Å²) in [5.74, 6) is 0.292. The lowest BCUT2D eigenvalue weighted by atomic mass is 10.2. The van der Waals surface area contributed by atoms with Gasteiger partial charge in [-0.3, -0.25) is 5.32 Å². The second-order valence-electron chi connectivity index (χ2n) is 6.19. The summed E-state index contributed by atoms with van der Waals surface area (Å²) in [6.45, 7) is 7.25. The first-order valence-corrected chi connectivity index (χ1v) is 8.09. The Bertz CT molecular complexity index is 777. The molecule has 0 radical (unpaired) electrons. The standard InChI is InChI=1S/C16H20BrN5O2/c1-10-9-22(14(18)20-10)19-8-11-7-12(17)5-6-13(11)21-15(23)24-16(2,3)4/h5-9H,1-4H3,(H2,18,20)(H,21,23). The number of hydrogen-bond donors (Lipinski definition) is 2. The lowest BCUT2D eigenvalue weighted by molar-refractivity contribution is 0.0636. The zero-order chi connectivity index (χ0) is 17.9. The molecule has 0 saturated carbocycles. The van der Waals surface area contributed by atoms with Gasteiger partial charge in [0.05, 0.1) is 23.8 Å². The highest BCUT2D eigenvalue weighted by molar-refractivity contribution is 9.10. The van der Waals surface area contributed by atoms with Crippen LogP contribution in [0.5, 0.6) is 0 Å². The fourth-order valence-corrected chi connectivity index (χ4v) is 2.27. The normalized spacial score (nSPS) is 11.7. The monoisotopic (exact) mass is 393 g/mol. The van der Waals surface area contributed by atoms with Gasteiger partial charge in [-0.1, -0.05) is 15.9 Å². The number of amides is 1. The number of halogens is 1. The quantitative estimate of drug-likeness (QED) is 0.775. The van der Waals surface area contributed by atoms with E-state index >= 15 is 0 Å². The topological polar surface area (TPSA) is 94.5 Å². The van der Waals surface area contributed by atoms with Crippen molar-refractivity contribution < 1.29 is 9.53 Å². The van der Waals surface area contributed by atoms with Crippen LogP contribution in [0.25, 0.3) is 0 Å². The van der Waals surface area contributed by atoms with Crippen LogP contribution in [0.4, 0.5) is 16.4 Å². The molecule has 1 aromatic heterocycles. The Morgan fingerprint density at radius 2 is 2.17 bits per heavy atom. The third kappa shape index (κ3) is 5.09. The number of rotatable bonds is 3. The first kappa shape index (κ1) is 18.0. The van der Waals surface area contributed by atoms with Gasteiger partial charge in [0, 0.05) is 10.0 Å². The smallest absolute Gasteiger partial charge is 0.412 e. The first-order chi connectivity index (χ1) is 11.1. The molecule has 0 fully saturated rings. The third-order valence-electron chi connectivity index (χ3n) is 2.81. The minimum atomic E-state index is -0.573. The number of carbonyl (C=O) groups excluding carboxylic acids is 1. The molecule has 0 aliphatic heterocycles. The number of hydrogen-bond acceptors (Lipinski definition) is 5. The number of benzene rings is 1. The number of aryl methyl sites for hydroxylation is 1. The maximum Gasteiger partial charge on any atom is 0.412 e. The predicted molar refractivity (Wildman–Crippen MR) is 98.4 cm³/mol. The van der Waals surface area contributed by atoms with Crippen LogP contribution in [-0.2, 0) is 4.74 Å². The molecule has 0 spiro atoms. The van der Waals surface area contributed by atoms with Crippen LogP contribution in [0.2, 0.25) is 0 Å². The number of nitrogen functional groups attached to an aromatic ring is 1. The number of nitrogens with zero attached hydrogens (tertiary/aromatic N) is 3. The Balaban J connectivity index is 2.24. The molecule has 1 heterocycles. The van der Waals surface area contributed by atoms with E-state index in [2.05, 4.69) is 31.3 Å². The van der Waals surface area contributed by atoms with E-state index in [4.69, 9.17) is 10.5 Å².